The lowest BCUT2D eigenvalue weighted by Crippen LogP contribution is -2.48. The fourth-order valence-electron chi connectivity index (χ4n) is 3.33. The number of nitrogens with zero attached hydrogens (tertiary/aromatic N) is 3. The smallest absolute Gasteiger partial charge is 0.254 e. The van der Waals surface area contributed by atoms with E-state index in [1.54, 1.807) is 6.92 Å². The topological polar surface area (TPSA) is 58.4 Å². The molecule has 2 aromatic rings. The number of aromatic nitrogens is 2. The third kappa shape index (κ3) is 2.50. The molecule has 118 valence electrons. The second-order valence-corrected chi connectivity index (χ2v) is 6.22. The van der Waals surface area contributed by atoms with Crippen molar-refractivity contribution in [2.24, 2.45) is 7.05 Å². The Morgan fingerprint density at radius 1 is 1.41 bits per heavy atom. The van der Waals surface area contributed by atoms with E-state index in [-0.39, 0.29) is 11.9 Å². The minimum atomic E-state index is -0.495. The highest BCUT2D eigenvalue weighted by Gasteiger charge is 2.30. The lowest BCUT2D eigenvalue weighted by atomic mass is 9.97. The molecule has 1 aromatic carbocycles. The van der Waals surface area contributed by atoms with E-state index < -0.39 is 6.10 Å². The summed E-state index contributed by atoms with van der Waals surface area (Å²) in [5.74, 6) is 0.926. The van der Waals surface area contributed by atoms with Crippen molar-refractivity contribution < 1.29 is 9.90 Å². The van der Waals surface area contributed by atoms with Gasteiger partial charge in [0, 0.05) is 19.2 Å². The SMILES string of the molecule is Cc1nc2cc(C(=O)N3CCCCC3C(C)O)ccc2n1C. The number of carbonyl (C=O) groups is 1. The van der Waals surface area contributed by atoms with E-state index in [9.17, 15) is 9.90 Å². The van der Waals surface area contributed by atoms with Gasteiger partial charge in [0.15, 0.2) is 0 Å². The number of rotatable bonds is 2. The molecule has 1 fully saturated rings. The zero-order valence-corrected chi connectivity index (χ0v) is 13.4. The van der Waals surface area contributed by atoms with Gasteiger partial charge in [-0.15, -0.1) is 0 Å². The number of aryl methyl sites for hydroxylation is 2. The van der Waals surface area contributed by atoms with Crippen molar-refractivity contribution in [3.63, 3.8) is 0 Å². The molecule has 22 heavy (non-hydrogen) atoms. The summed E-state index contributed by atoms with van der Waals surface area (Å²) in [5, 5.41) is 9.95. The van der Waals surface area contributed by atoms with E-state index in [0.29, 0.717) is 12.1 Å². The molecule has 5 nitrogen and oxygen atoms in total. The fraction of sp³-hybridized carbons (Fsp3) is 0.529. The molecule has 3 rings (SSSR count). The molecule has 1 aliphatic heterocycles. The number of aliphatic hydroxyl groups is 1. The van der Waals surface area contributed by atoms with E-state index in [0.717, 1.165) is 36.1 Å². The second-order valence-electron chi connectivity index (χ2n) is 6.22. The summed E-state index contributed by atoms with van der Waals surface area (Å²) >= 11 is 0. The monoisotopic (exact) mass is 301 g/mol. The normalized spacial score (nSPS) is 20.4. The van der Waals surface area contributed by atoms with Gasteiger partial charge in [-0.05, 0) is 51.3 Å². The molecular weight excluding hydrogens is 278 g/mol. The molecule has 1 aromatic heterocycles. The van der Waals surface area contributed by atoms with E-state index in [1.165, 1.54) is 0 Å². The van der Waals surface area contributed by atoms with Crippen LogP contribution < -0.4 is 0 Å². The summed E-state index contributed by atoms with van der Waals surface area (Å²) in [6.07, 6.45) is 2.44. The minimum Gasteiger partial charge on any atom is -0.391 e. The van der Waals surface area contributed by atoms with Crippen LogP contribution in [-0.2, 0) is 7.05 Å². The zero-order chi connectivity index (χ0) is 15.9. The maximum atomic E-state index is 12.8. The molecule has 5 heteroatoms. The van der Waals surface area contributed by atoms with Crippen molar-refractivity contribution >= 4 is 16.9 Å². The van der Waals surface area contributed by atoms with Crippen molar-refractivity contribution in [1.29, 1.82) is 0 Å². The van der Waals surface area contributed by atoms with Gasteiger partial charge in [0.05, 0.1) is 23.2 Å². The molecule has 0 saturated carbocycles. The summed E-state index contributed by atoms with van der Waals surface area (Å²) < 4.78 is 2.02. The number of benzene rings is 1. The molecule has 0 aliphatic carbocycles. The Balaban J connectivity index is 1.93. The Kier molecular flexibility index (Phi) is 3.91. The van der Waals surface area contributed by atoms with Crippen LogP contribution in [0.5, 0.6) is 0 Å². The number of fused-ring (bicyclic) bond motifs is 1. The predicted molar refractivity (Wildman–Crippen MR) is 85.8 cm³/mol. The summed E-state index contributed by atoms with van der Waals surface area (Å²) in [6.45, 7) is 4.44. The maximum Gasteiger partial charge on any atom is 0.254 e. The number of amides is 1. The molecule has 1 aliphatic rings. The van der Waals surface area contributed by atoms with Gasteiger partial charge >= 0.3 is 0 Å². The first-order valence-corrected chi connectivity index (χ1v) is 7.91. The highest BCUT2D eigenvalue weighted by molar-refractivity contribution is 5.97. The molecule has 0 radical (unpaired) electrons. The number of aliphatic hydroxyl groups excluding tert-OH is 1. The van der Waals surface area contributed by atoms with Crippen LogP contribution in [0.25, 0.3) is 11.0 Å². The molecule has 0 bridgehead atoms. The van der Waals surface area contributed by atoms with Gasteiger partial charge in [-0.25, -0.2) is 4.98 Å². The number of likely N-dealkylation sites (tertiary alicyclic amines) is 1. The number of imidazole rings is 1. The molecule has 2 atom stereocenters. The average molecular weight is 301 g/mol. The average Bonchev–Trinajstić information content (AvgIpc) is 2.80. The fourth-order valence-corrected chi connectivity index (χ4v) is 3.33. The number of piperidine rings is 1. The minimum absolute atomic E-state index is 0.00388. The molecular formula is C17H23N3O2. The molecule has 0 spiro atoms. The van der Waals surface area contributed by atoms with Crippen molar-refractivity contribution in [3.8, 4) is 0 Å². The Bertz CT molecular complexity index is 705. The van der Waals surface area contributed by atoms with Crippen molar-refractivity contribution in [1.82, 2.24) is 14.5 Å². The zero-order valence-electron chi connectivity index (χ0n) is 13.4. The molecule has 1 amide bonds. The van der Waals surface area contributed by atoms with E-state index in [4.69, 9.17) is 0 Å². The Hall–Kier alpha value is -1.88. The summed E-state index contributed by atoms with van der Waals surface area (Å²) in [6, 6.07) is 5.59. The Labute approximate surface area is 130 Å². The quantitative estimate of drug-likeness (QED) is 0.925. The highest BCUT2D eigenvalue weighted by atomic mass is 16.3. The summed E-state index contributed by atoms with van der Waals surface area (Å²) in [7, 11) is 1.97. The third-order valence-electron chi connectivity index (χ3n) is 4.72. The van der Waals surface area contributed by atoms with Gasteiger partial charge in [0.1, 0.15) is 5.82 Å². The van der Waals surface area contributed by atoms with Crippen molar-refractivity contribution in [3.05, 3.63) is 29.6 Å². The third-order valence-corrected chi connectivity index (χ3v) is 4.72. The number of hydrogen-bond acceptors (Lipinski definition) is 3. The molecule has 1 N–H and O–H groups in total. The Morgan fingerprint density at radius 3 is 2.91 bits per heavy atom. The maximum absolute atomic E-state index is 12.8. The lowest BCUT2D eigenvalue weighted by Gasteiger charge is -2.37. The first kappa shape index (κ1) is 15.0. The standard InChI is InChI=1S/C17H23N3O2/c1-11(21)15-6-4-5-9-20(15)17(22)13-7-8-16-14(10-13)18-12(2)19(16)3/h7-8,10-11,15,21H,4-6,9H2,1-3H3. The molecule has 2 heterocycles. The van der Waals surface area contributed by atoms with Crippen LogP contribution in [-0.4, -0.2) is 44.2 Å². The summed E-state index contributed by atoms with van der Waals surface area (Å²) in [4.78, 5) is 19.2. The van der Waals surface area contributed by atoms with E-state index in [2.05, 4.69) is 4.98 Å². The van der Waals surface area contributed by atoms with Crippen LogP contribution in [0.3, 0.4) is 0 Å². The van der Waals surface area contributed by atoms with Gasteiger partial charge in [0.25, 0.3) is 5.91 Å². The first-order chi connectivity index (χ1) is 10.5. The Morgan fingerprint density at radius 2 is 2.18 bits per heavy atom. The second kappa shape index (κ2) is 5.72. The van der Waals surface area contributed by atoms with Gasteiger partial charge < -0.3 is 14.6 Å². The number of carbonyl (C=O) groups excluding carboxylic acids is 1. The van der Waals surface area contributed by atoms with Crippen molar-refractivity contribution in [2.75, 3.05) is 6.54 Å². The molecule has 1 saturated heterocycles. The van der Waals surface area contributed by atoms with Crippen LogP contribution in [0.2, 0.25) is 0 Å². The van der Waals surface area contributed by atoms with Crippen LogP contribution in [0.1, 0.15) is 42.4 Å². The largest absolute Gasteiger partial charge is 0.391 e. The van der Waals surface area contributed by atoms with E-state index >= 15 is 0 Å². The van der Waals surface area contributed by atoms with Crippen LogP contribution in [0.4, 0.5) is 0 Å². The van der Waals surface area contributed by atoms with Gasteiger partial charge in [-0.3, -0.25) is 4.79 Å². The first-order valence-electron chi connectivity index (χ1n) is 7.91. The van der Waals surface area contributed by atoms with Crippen molar-refractivity contribution in [2.45, 2.75) is 45.3 Å². The molecule has 2 unspecified atom stereocenters. The summed E-state index contributed by atoms with van der Waals surface area (Å²) in [5.41, 5.74) is 2.52. The van der Waals surface area contributed by atoms with Crippen LogP contribution in [0.15, 0.2) is 18.2 Å². The van der Waals surface area contributed by atoms with Gasteiger partial charge in [-0.2, -0.15) is 0 Å². The number of hydrogen-bond donors (Lipinski definition) is 1. The predicted octanol–water partition coefficient (Wildman–Crippen LogP) is 2.26. The van der Waals surface area contributed by atoms with Gasteiger partial charge in [0.2, 0.25) is 0 Å². The van der Waals surface area contributed by atoms with E-state index in [1.807, 2.05) is 41.6 Å². The highest BCUT2D eigenvalue weighted by Crippen LogP contribution is 2.24. The van der Waals surface area contributed by atoms with Crippen LogP contribution >= 0.6 is 0 Å². The van der Waals surface area contributed by atoms with Gasteiger partial charge in [-0.1, -0.05) is 0 Å². The lowest BCUT2D eigenvalue weighted by molar-refractivity contribution is 0.0281. The van der Waals surface area contributed by atoms with Crippen LogP contribution in [0, 0.1) is 6.92 Å².